The van der Waals surface area contributed by atoms with E-state index in [1.54, 1.807) is 4.88 Å². The lowest BCUT2D eigenvalue weighted by atomic mass is 9.94. The van der Waals surface area contributed by atoms with E-state index in [1.165, 1.54) is 24.8 Å². The number of fused-ring (bicyclic) bond motifs is 1. The maximum atomic E-state index is 6.26. The normalized spacial score (nSPS) is 18.3. The van der Waals surface area contributed by atoms with Gasteiger partial charge in [-0.3, -0.25) is 0 Å². The van der Waals surface area contributed by atoms with Crippen LogP contribution in [0.2, 0.25) is 5.02 Å². The van der Waals surface area contributed by atoms with Gasteiger partial charge in [-0.05, 0) is 54.0 Å². The van der Waals surface area contributed by atoms with Crippen LogP contribution in [0.25, 0.3) is 0 Å². The van der Waals surface area contributed by atoms with Crippen molar-refractivity contribution in [2.75, 3.05) is 0 Å². The summed E-state index contributed by atoms with van der Waals surface area (Å²) in [5, 5.41) is 6.68. The van der Waals surface area contributed by atoms with E-state index in [-0.39, 0.29) is 0 Å². The van der Waals surface area contributed by atoms with Crippen LogP contribution in [0.3, 0.4) is 0 Å². The molecule has 2 aromatic rings. The van der Waals surface area contributed by atoms with Crippen molar-refractivity contribution in [2.45, 2.75) is 31.8 Å². The summed E-state index contributed by atoms with van der Waals surface area (Å²) in [6.07, 6.45) is 3.74. The van der Waals surface area contributed by atoms with Crippen molar-refractivity contribution < 1.29 is 0 Å². The zero-order chi connectivity index (χ0) is 13.2. The molecule has 3 rings (SSSR count). The van der Waals surface area contributed by atoms with Crippen molar-refractivity contribution in [3.63, 3.8) is 0 Å². The SMILES string of the molecule is Clc1cc(Br)ccc1CNC1CCCc2sccc21. The van der Waals surface area contributed by atoms with Crippen molar-refractivity contribution in [3.05, 3.63) is 55.1 Å². The van der Waals surface area contributed by atoms with Gasteiger partial charge in [0.15, 0.2) is 0 Å². The second-order valence-corrected chi connectivity index (χ2v) is 7.18. The first-order valence-corrected chi connectivity index (χ1v) is 8.52. The molecule has 4 heteroatoms. The van der Waals surface area contributed by atoms with E-state index >= 15 is 0 Å². The van der Waals surface area contributed by atoms with E-state index < -0.39 is 0 Å². The monoisotopic (exact) mass is 355 g/mol. The second-order valence-electron chi connectivity index (χ2n) is 4.86. The minimum absolute atomic E-state index is 0.481. The molecule has 0 saturated carbocycles. The summed E-state index contributed by atoms with van der Waals surface area (Å²) in [5.41, 5.74) is 2.65. The topological polar surface area (TPSA) is 12.0 Å². The highest BCUT2D eigenvalue weighted by Crippen LogP contribution is 2.33. The molecule has 0 fully saturated rings. The summed E-state index contributed by atoms with van der Waals surface area (Å²) in [5.74, 6) is 0. The highest BCUT2D eigenvalue weighted by atomic mass is 79.9. The lowest BCUT2D eigenvalue weighted by molar-refractivity contribution is 0.463. The fraction of sp³-hybridized carbons (Fsp3) is 0.333. The van der Waals surface area contributed by atoms with E-state index in [4.69, 9.17) is 11.6 Å². The van der Waals surface area contributed by atoms with E-state index in [1.807, 2.05) is 23.5 Å². The molecular formula is C15H15BrClNS. The molecule has 19 heavy (non-hydrogen) atoms. The van der Waals surface area contributed by atoms with Crippen molar-refractivity contribution in [3.8, 4) is 0 Å². The van der Waals surface area contributed by atoms with Gasteiger partial charge in [0.1, 0.15) is 0 Å². The summed E-state index contributed by atoms with van der Waals surface area (Å²) in [6.45, 7) is 0.825. The molecule has 0 aliphatic heterocycles. The predicted octanol–water partition coefficient (Wildman–Crippen LogP) is 5.33. The molecular weight excluding hydrogens is 342 g/mol. The molecule has 0 bridgehead atoms. The van der Waals surface area contributed by atoms with E-state index in [0.717, 1.165) is 21.6 Å². The zero-order valence-electron chi connectivity index (χ0n) is 10.5. The molecule has 100 valence electrons. The summed E-state index contributed by atoms with van der Waals surface area (Å²) in [6, 6.07) is 8.82. The third-order valence-electron chi connectivity index (χ3n) is 3.61. The Morgan fingerprint density at radius 3 is 3.11 bits per heavy atom. The average molecular weight is 357 g/mol. The van der Waals surface area contributed by atoms with Gasteiger partial charge in [-0.2, -0.15) is 0 Å². The van der Waals surface area contributed by atoms with E-state index in [2.05, 4.69) is 38.8 Å². The van der Waals surface area contributed by atoms with Crippen LogP contribution in [0, 0.1) is 0 Å². The van der Waals surface area contributed by atoms with Gasteiger partial charge in [-0.25, -0.2) is 0 Å². The molecule has 0 radical (unpaired) electrons. The Balaban J connectivity index is 1.71. The molecule has 0 amide bonds. The van der Waals surface area contributed by atoms with Crippen molar-refractivity contribution in [1.82, 2.24) is 5.32 Å². The molecule has 1 nitrogen and oxygen atoms in total. The van der Waals surface area contributed by atoms with Crippen LogP contribution in [-0.4, -0.2) is 0 Å². The van der Waals surface area contributed by atoms with Gasteiger partial charge >= 0.3 is 0 Å². The molecule has 0 spiro atoms. The Morgan fingerprint density at radius 1 is 1.37 bits per heavy atom. The van der Waals surface area contributed by atoms with Crippen molar-refractivity contribution >= 4 is 38.9 Å². The molecule has 1 aliphatic rings. The number of nitrogens with one attached hydrogen (secondary N) is 1. The third kappa shape index (κ3) is 3.05. The molecule has 1 aromatic carbocycles. The Hall–Kier alpha value is -0.350. The molecule has 1 unspecified atom stereocenters. The van der Waals surface area contributed by atoms with Gasteiger partial charge in [-0.15, -0.1) is 11.3 Å². The molecule has 1 aliphatic carbocycles. The lowest BCUT2D eigenvalue weighted by Gasteiger charge is -2.24. The predicted molar refractivity (Wildman–Crippen MR) is 86.0 cm³/mol. The number of hydrogen-bond acceptors (Lipinski definition) is 2. The summed E-state index contributed by atoms with van der Waals surface area (Å²) in [7, 11) is 0. The summed E-state index contributed by atoms with van der Waals surface area (Å²) in [4.78, 5) is 1.55. The average Bonchev–Trinajstić information content (AvgIpc) is 2.86. The standard InChI is InChI=1S/C15H15BrClNS/c16-11-5-4-10(13(17)8-11)9-18-14-2-1-3-15-12(14)6-7-19-15/h4-8,14,18H,1-3,9H2. The van der Waals surface area contributed by atoms with Gasteiger partial charge in [0.05, 0.1) is 0 Å². The number of rotatable bonds is 3. The summed E-state index contributed by atoms with van der Waals surface area (Å²) >= 11 is 11.6. The first-order chi connectivity index (χ1) is 9.24. The Labute approximate surface area is 131 Å². The fourth-order valence-electron chi connectivity index (χ4n) is 2.60. The zero-order valence-corrected chi connectivity index (χ0v) is 13.6. The van der Waals surface area contributed by atoms with Crippen LogP contribution < -0.4 is 5.32 Å². The first-order valence-electron chi connectivity index (χ1n) is 6.47. The van der Waals surface area contributed by atoms with Crippen molar-refractivity contribution in [2.24, 2.45) is 0 Å². The summed E-state index contributed by atoms with van der Waals surface area (Å²) < 4.78 is 1.03. The van der Waals surface area contributed by atoms with Crippen LogP contribution >= 0.6 is 38.9 Å². The second kappa shape index (κ2) is 5.96. The van der Waals surface area contributed by atoms with Gasteiger partial charge in [0, 0.05) is 27.0 Å². The van der Waals surface area contributed by atoms with E-state index in [0.29, 0.717) is 6.04 Å². The van der Waals surface area contributed by atoms with Gasteiger partial charge in [0.2, 0.25) is 0 Å². The fourth-order valence-corrected chi connectivity index (χ4v) is 4.32. The highest BCUT2D eigenvalue weighted by molar-refractivity contribution is 9.10. The van der Waals surface area contributed by atoms with Gasteiger partial charge < -0.3 is 5.32 Å². The quantitative estimate of drug-likeness (QED) is 0.783. The van der Waals surface area contributed by atoms with Gasteiger partial charge in [-0.1, -0.05) is 33.6 Å². The third-order valence-corrected chi connectivity index (χ3v) is 5.45. The van der Waals surface area contributed by atoms with Crippen LogP contribution in [0.1, 0.15) is 34.9 Å². The largest absolute Gasteiger partial charge is 0.306 e. The molecule has 1 N–H and O–H groups in total. The van der Waals surface area contributed by atoms with Crippen LogP contribution in [-0.2, 0) is 13.0 Å². The molecule has 1 aromatic heterocycles. The van der Waals surface area contributed by atoms with Crippen LogP contribution in [0.15, 0.2) is 34.1 Å². The first kappa shape index (κ1) is 13.6. The van der Waals surface area contributed by atoms with Crippen molar-refractivity contribution in [1.29, 1.82) is 0 Å². The minimum Gasteiger partial charge on any atom is -0.306 e. The number of hydrogen-bond donors (Lipinski definition) is 1. The van der Waals surface area contributed by atoms with Crippen LogP contribution in [0.5, 0.6) is 0 Å². The van der Waals surface area contributed by atoms with E-state index in [9.17, 15) is 0 Å². The maximum absolute atomic E-state index is 6.26. The number of aryl methyl sites for hydroxylation is 1. The van der Waals surface area contributed by atoms with Crippen LogP contribution in [0.4, 0.5) is 0 Å². The Morgan fingerprint density at radius 2 is 2.26 bits per heavy atom. The maximum Gasteiger partial charge on any atom is 0.0462 e. The smallest absolute Gasteiger partial charge is 0.0462 e. The molecule has 1 heterocycles. The van der Waals surface area contributed by atoms with Gasteiger partial charge in [0.25, 0.3) is 0 Å². The number of benzene rings is 1. The molecule has 0 saturated heterocycles. The molecule has 1 atom stereocenters. The highest BCUT2D eigenvalue weighted by Gasteiger charge is 2.20. The number of thiophene rings is 1. The Bertz CT molecular complexity index is 581. The minimum atomic E-state index is 0.481. The Kier molecular flexibility index (Phi) is 4.27. The lowest BCUT2D eigenvalue weighted by Crippen LogP contribution is -2.23. The number of halogens is 2.